The Balaban J connectivity index is 0.00000261. The number of amides is 1. The number of hydrogen-bond acceptors (Lipinski definition) is 4. The third-order valence-electron chi connectivity index (χ3n) is 5.32. The number of halogens is 1. The molecule has 1 saturated carbocycles. The van der Waals surface area contributed by atoms with Gasteiger partial charge in [-0.15, -0.1) is 12.4 Å². The summed E-state index contributed by atoms with van der Waals surface area (Å²) in [7, 11) is -3.58. The summed E-state index contributed by atoms with van der Waals surface area (Å²) >= 11 is 0. The minimum atomic E-state index is -3.58. The lowest BCUT2D eigenvalue weighted by Crippen LogP contribution is -2.33. The Hall–Kier alpha value is -1.15. The van der Waals surface area contributed by atoms with Gasteiger partial charge in [0.05, 0.1) is 4.90 Å². The Morgan fingerprint density at radius 2 is 1.93 bits per heavy atom. The zero-order chi connectivity index (χ0) is 18.4. The zero-order valence-electron chi connectivity index (χ0n) is 15.6. The SMILES string of the molecule is Cl.O=C(NCCC1CCCNC1)c1cccc(S(=O)(=O)NC2CCCC2)c1. The van der Waals surface area contributed by atoms with Gasteiger partial charge in [-0.2, -0.15) is 0 Å². The lowest BCUT2D eigenvalue weighted by Gasteiger charge is -2.22. The maximum atomic E-state index is 12.5. The van der Waals surface area contributed by atoms with Crippen molar-refractivity contribution < 1.29 is 13.2 Å². The minimum Gasteiger partial charge on any atom is -0.352 e. The smallest absolute Gasteiger partial charge is 0.251 e. The van der Waals surface area contributed by atoms with Crippen LogP contribution in [0.3, 0.4) is 0 Å². The highest BCUT2D eigenvalue weighted by Gasteiger charge is 2.23. The number of piperidine rings is 1. The van der Waals surface area contributed by atoms with Gasteiger partial charge >= 0.3 is 0 Å². The molecule has 6 nitrogen and oxygen atoms in total. The number of benzene rings is 1. The second kappa shape index (κ2) is 10.4. The molecule has 3 N–H and O–H groups in total. The van der Waals surface area contributed by atoms with E-state index >= 15 is 0 Å². The maximum Gasteiger partial charge on any atom is 0.251 e. The van der Waals surface area contributed by atoms with Gasteiger partial charge in [0.15, 0.2) is 0 Å². The van der Waals surface area contributed by atoms with Gasteiger partial charge in [-0.1, -0.05) is 18.9 Å². The molecular weight excluding hydrogens is 386 g/mol. The fraction of sp³-hybridized carbons (Fsp3) is 0.632. The largest absolute Gasteiger partial charge is 0.352 e. The Bertz CT molecular complexity index is 715. The lowest BCUT2D eigenvalue weighted by atomic mass is 9.96. The van der Waals surface area contributed by atoms with Crippen molar-refractivity contribution in [2.24, 2.45) is 5.92 Å². The van der Waals surface area contributed by atoms with Crippen LogP contribution >= 0.6 is 12.4 Å². The van der Waals surface area contributed by atoms with E-state index in [1.54, 1.807) is 18.2 Å². The molecule has 0 bridgehead atoms. The molecule has 0 aromatic heterocycles. The van der Waals surface area contributed by atoms with Crippen LogP contribution in [0, 0.1) is 5.92 Å². The van der Waals surface area contributed by atoms with Crippen LogP contribution in [0.1, 0.15) is 55.3 Å². The van der Waals surface area contributed by atoms with Crippen molar-refractivity contribution in [2.75, 3.05) is 19.6 Å². The van der Waals surface area contributed by atoms with Crippen LogP contribution < -0.4 is 15.4 Å². The maximum absolute atomic E-state index is 12.5. The van der Waals surface area contributed by atoms with Crippen molar-refractivity contribution in [1.82, 2.24) is 15.4 Å². The van der Waals surface area contributed by atoms with Crippen LogP contribution in [0.5, 0.6) is 0 Å². The molecule has 8 heteroatoms. The summed E-state index contributed by atoms with van der Waals surface area (Å²) in [4.78, 5) is 12.5. The third-order valence-corrected chi connectivity index (χ3v) is 6.84. The molecule has 1 saturated heterocycles. The highest BCUT2D eigenvalue weighted by atomic mass is 35.5. The van der Waals surface area contributed by atoms with E-state index in [9.17, 15) is 13.2 Å². The van der Waals surface area contributed by atoms with Gasteiger partial charge in [0, 0.05) is 18.2 Å². The summed E-state index contributed by atoms with van der Waals surface area (Å²) in [6.45, 7) is 2.71. The predicted octanol–water partition coefficient (Wildman–Crippen LogP) is 2.45. The van der Waals surface area contributed by atoms with Gasteiger partial charge in [-0.05, 0) is 69.3 Å². The normalized spacial score (nSPS) is 20.8. The van der Waals surface area contributed by atoms with Crippen molar-refractivity contribution >= 4 is 28.3 Å². The average Bonchev–Trinajstić information content (AvgIpc) is 3.15. The standard InChI is InChI=1S/C19H29N3O3S.ClH/c23-19(21-12-10-15-5-4-11-20-14-15)16-6-3-9-18(13-16)26(24,25)22-17-7-1-2-8-17;/h3,6,9,13,15,17,20,22H,1-2,4-5,7-8,10-12,14H2,(H,21,23);1H. The Kier molecular flexibility index (Phi) is 8.54. The Labute approximate surface area is 168 Å². The molecule has 1 aliphatic heterocycles. The van der Waals surface area contributed by atoms with Gasteiger partial charge in [0.1, 0.15) is 0 Å². The van der Waals surface area contributed by atoms with Crippen molar-refractivity contribution in [3.8, 4) is 0 Å². The highest BCUT2D eigenvalue weighted by Crippen LogP contribution is 2.21. The molecule has 1 aliphatic carbocycles. The zero-order valence-corrected chi connectivity index (χ0v) is 17.2. The summed E-state index contributed by atoms with van der Waals surface area (Å²) in [5.74, 6) is 0.387. The molecule has 1 aromatic rings. The molecular formula is C19H30ClN3O3S. The van der Waals surface area contributed by atoms with Gasteiger partial charge in [-0.3, -0.25) is 4.79 Å². The van der Waals surface area contributed by atoms with Crippen LogP contribution in [0.25, 0.3) is 0 Å². The van der Waals surface area contributed by atoms with Crippen LogP contribution in [0.15, 0.2) is 29.2 Å². The molecule has 27 heavy (non-hydrogen) atoms. The van der Waals surface area contributed by atoms with Crippen molar-refractivity contribution in [2.45, 2.75) is 55.9 Å². The molecule has 2 fully saturated rings. The van der Waals surface area contributed by atoms with Crippen LogP contribution in [0.2, 0.25) is 0 Å². The molecule has 152 valence electrons. The molecule has 1 amide bonds. The van der Waals surface area contributed by atoms with Crippen molar-refractivity contribution in [3.63, 3.8) is 0 Å². The Morgan fingerprint density at radius 3 is 2.63 bits per heavy atom. The van der Waals surface area contributed by atoms with E-state index in [0.29, 0.717) is 18.0 Å². The van der Waals surface area contributed by atoms with Crippen molar-refractivity contribution in [1.29, 1.82) is 0 Å². The summed E-state index contributed by atoms with van der Waals surface area (Å²) in [5, 5.41) is 6.29. The minimum absolute atomic E-state index is 0. The predicted molar refractivity (Wildman–Crippen MR) is 109 cm³/mol. The fourth-order valence-corrected chi connectivity index (χ4v) is 5.15. The summed E-state index contributed by atoms with van der Waals surface area (Å²) in [6, 6.07) is 6.31. The fourth-order valence-electron chi connectivity index (χ4n) is 3.80. The third kappa shape index (κ3) is 6.45. The first-order chi connectivity index (χ1) is 12.5. The van der Waals surface area contributed by atoms with E-state index in [4.69, 9.17) is 0 Å². The number of carbonyl (C=O) groups is 1. The highest BCUT2D eigenvalue weighted by molar-refractivity contribution is 7.89. The van der Waals surface area contributed by atoms with E-state index in [1.807, 2.05) is 0 Å². The number of carbonyl (C=O) groups excluding carboxylic acids is 1. The van der Waals surface area contributed by atoms with Gasteiger partial charge in [-0.25, -0.2) is 13.1 Å². The first-order valence-electron chi connectivity index (χ1n) is 9.66. The monoisotopic (exact) mass is 415 g/mol. The van der Waals surface area contributed by atoms with E-state index in [0.717, 1.165) is 45.2 Å². The number of rotatable bonds is 7. The van der Waals surface area contributed by atoms with E-state index in [1.165, 1.54) is 18.9 Å². The molecule has 0 spiro atoms. The van der Waals surface area contributed by atoms with Gasteiger partial charge < -0.3 is 10.6 Å². The second-order valence-electron chi connectivity index (χ2n) is 7.39. The average molecular weight is 416 g/mol. The van der Waals surface area contributed by atoms with Gasteiger partial charge in [0.25, 0.3) is 5.91 Å². The topological polar surface area (TPSA) is 87.3 Å². The first-order valence-corrected chi connectivity index (χ1v) is 11.1. The van der Waals surface area contributed by atoms with Gasteiger partial charge in [0.2, 0.25) is 10.0 Å². The van der Waals surface area contributed by atoms with E-state index in [-0.39, 0.29) is 29.3 Å². The summed E-state index contributed by atoms with van der Waals surface area (Å²) < 4.78 is 27.8. The number of sulfonamides is 1. The first kappa shape index (κ1) is 22.1. The molecule has 1 atom stereocenters. The molecule has 1 aromatic carbocycles. The molecule has 3 rings (SSSR count). The van der Waals surface area contributed by atoms with Crippen LogP contribution in [-0.2, 0) is 10.0 Å². The molecule has 1 heterocycles. The molecule has 1 unspecified atom stereocenters. The van der Waals surface area contributed by atoms with Crippen LogP contribution in [0.4, 0.5) is 0 Å². The van der Waals surface area contributed by atoms with E-state index < -0.39 is 10.0 Å². The number of nitrogens with one attached hydrogen (secondary N) is 3. The lowest BCUT2D eigenvalue weighted by molar-refractivity contribution is 0.0950. The van der Waals surface area contributed by atoms with Crippen LogP contribution in [-0.4, -0.2) is 40.0 Å². The summed E-state index contributed by atoms with van der Waals surface area (Å²) in [6.07, 6.45) is 7.22. The Morgan fingerprint density at radius 1 is 1.15 bits per heavy atom. The quantitative estimate of drug-likeness (QED) is 0.638. The molecule has 0 radical (unpaired) electrons. The number of hydrogen-bond donors (Lipinski definition) is 3. The van der Waals surface area contributed by atoms with Crippen molar-refractivity contribution in [3.05, 3.63) is 29.8 Å². The summed E-state index contributed by atoms with van der Waals surface area (Å²) in [5.41, 5.74) is 0.390. The van der Waals surface area contributed by atoms with E-state index in [2.05, 4.69) is 15.4 Å². The second-order valence-corrected chi connectivity index (χ2v) is 9.10. The molecule has 2 aliphatic rings.